The van der Waals surface area contributed by atoms with Gasteiger partial charge in [0.05, 0.1) is 12.2 Å². The number of carbonyl (C=O) groups excluding carboxylic acids is 1. The van der Waals surface area contributed by atoms with Gasteiger partial charge in [-0.05, 0) is 32.2 Å². The molecule has 2 amide bonds. The molecule has 0 spiro atoms. The molecule has 0 fully saturated rings. The lowest BCUT2D eigenvalue weighted by Crippen LogP contribution is -2.40. The van der Waals surface area contributed by atoms with Crippen molar-refractivity contribution in [3.05, 3.63) is 33.8 Å². The van der Waals surface area contributed by atoms with E-state index in [1.165, 1.54) is 11.3 Å². The average Bonchev–Trinajstić information content (AvgIpc) is 2.99. The maximum Gasteiger partial charge on any atom is 0.322 e. The zero-order valence-electron chi connectivity index (χ0n) is 11.6. The van der Waals surface area contributed by atoms with E-state index in [1.807, 2.05) is 17.5 Å². The summed E-state index contributed by atoms with van der Waals surface area (Å²) in [4.78, 5) is 16.6. The zero-order chi connectivity index (χ0) is 14.8. The minimum Gasteiger partial charge on any atom is -0.428 e. The molecule has 7 heteroatoms. The number of aromatic nitrogens is 1. The zero-order valence-corrected chi connectivity index (χ0v) is 12.4. The van der Waals surface area contributed by atoms with Crippen molar-refractivity contribution in [3.8, 4) is 0 Å². The minimum absolute atomic E-state index is 0.0953. The van der Waals surface area contributed by atoms with E-state index in [0.29, 0.717) is 5.76 Å². The molecule has 1 unspecified atom stereocenters. The van der Waals surface area contributed by atoms with Crippen molar-refractivity contribution >= 4 is 23.4 Å². The Balaban J connectivity index is 1.89. The predicted molar refractivity (Wildman–Crippen MR) is 76.9 cm³/mol. The molecule has 0 saturated carbocycles. The quantitative estimate of drug-likeness (QED) is 0.808. The Morgan fingerprint density at radius 1 is 1.55 bits per heavy atom. The van der Waals surface area contributed by atoms with Gasteiger partial charge in [-0.3, -0.25) is 5.32 Å². The highest BCUT2D eigenvalue weighted by Gasteiger charge is 2.25. The van der Waals surface area contributed by atoms with E-state index in [4.69, 9.17) is 4.42 Å². The van der Waals surface area contributed by atoms with Crippen LogP contribution in [0.2, 0.25) is 0 Å². The van der Waals surface area contributed by atoms with Crippen LogP contribution in [0.1, 0.15) is 23.3 Å². The van der Waals surface area contributed by atoms with E-state index in [9.17, 15) is 9.90 Å². The van der Waals surface area contributed by atoms with Gasteiger partial charge in [0.15, 0.2) is 0 Å². The van der Waals surface area contributed by atoms with Crippen LogP contribution < -0.4 is 10.6 Å². The molecule has 3 N–H and O–H groups in total. The molecule has 0 aliphatic heterocycles. The van der Waals surface area contributed by atoms with Gasteiger partial charge in [-0.15, -0.1) is 11.3 Å². The summed E-state index contributed by atoms with van der Waals surface area (Å²) < 4.78 is 5.25. The Kier molecular flexibility index (Phi) is 4.10. The van der Waals surface area contributed by atoms with Crippen molar-refractivity contribution in [1.29, 1.82) is 0 Å². The van der Waals surface area contributed by atoms with Gasteiger partial charge < -0.3 is 14.8 Å². The Bertz CT molecular complexity index is 571. The number of rotatable bonds is 4. The Labute approximate surface area is 120 Å². The van der Waals surface area contributed by atoms with Crippen LogP contribution in [0.5, 0.6) is 0 Å². The molecule has 2 rings (SSSR count). The molecular weight excluding hydrogens is 278 g/mol. The first-order valence-corrected chi connectivity index (χ1v) is 7.02. The van der Waals surface area contributed by atoms with Crippen LogP contribution in [0.15, 0.2) is 21.9 Å². The van der Waals surface area contributed by atoms with Crippen molar-refractivity contribution in [2.24, 2.45) is 0 Å². The topological polar surface area (TPSA) is 87.4 Å². The maximum atomic E-state index is 11.7. The van der Waals surface area contributed by atoms with Crippen LogP contribution >= 0.6 is 11.3 Å². The van der Waals surface area contributed by atoms with E-state index in [0.717, 1.165) is 10.6 Å². The number of aryl methyl sites for hydroxylation is 2. The second-order valence-corrected chi connectivity index (χ2v) is 5.67. The van der Waals surface area contributed by atoms with E-state index in [-0.39, 0.29) is 12.6 Å². The number of hydrogen-bond donors (Lipinski definition) is 3. The molecule has 0 aliphatic carbocycles. The normalized spacial score (nSPS) is 13.8. The number of nitrogens with one attached hydrogen (secondary N) is 2. The second-order valence-electron chi connectivity index (χ2n) is 4.72. The van der Waals surface area contributed by atoms with Crippen molar-refractivity contribution in [2.75, 3.05) is 11.9 Å². The number of nitrogens with zero attached hydrogens (tertiary/aromatic N) is 1. The highest BCUT2D eigenvalue weighted by atomic mass is 32.1. The summed E-state index contributed by atoms with van der Waals surface area (Å²) in [6, 6.07) is 3.36. The lowest BCUT2D eigenvalue weighted by atomic mass is 10.1. The molecule has 0 bridgehead atoms. The number of carbonyl (C=O) groups is 1. The van der Waals surface area contributed by atoms with E-state index in [1.54, 1.807) is 20.8 Å². The lowest BCUT2D eigenvalue weighted by molar-refractivity contribution is 0.0637. The van der Waals surface area contributed by atoms with Gasteiger partial charge in [0.1, 0.15) is 11.4 Å². The standard InChI is InChI=1S/C13H17N3O3S/c1-8-9(2)19-12(15-8)16-11(17)14-7-13(3,18)10-5-4-6-20-10/h4-6,18H,7H2,1-3H3,(H2,14,15,16,17). The Morgan fingerprint density at radius 3 is 2.85 bits per heavy atom. The largest absolute Gasteiger partial charge is 0.428 e. The van der Waals surface area contributed by atoms with Crippen LogP contribution in [0.4, 0.5) is 10.8 Å². The summed E-state index contributed by atoms with van der Waals surface area (Å²) in [5.74, 6) is 0.658. The smallest absolute Gasteiger partial charge is 0.322 e. The van der Waals surface area contributed by atoms with Crippen LogP contribution in [-0.4, -0.2) is 22.7 Å². The molecule has 6 nitrogen and oxygen atoms in total. The van der Waals surface area contributed by atoms with Crippen molar-refractivity contribution in [3.63, 3.8) is 0 Å². The lowest BCUT2D eigenvalue weighted by Gasteiger charge is -2.22. The van der Waals surface area contributed by atoms with Crippen molar-refractivity contribution in [1.82, 2.24) is 10.3 Å². The molecule has 2 aromatic rings. The fraction of sp³-hybridized carbons (Fsp3) is 0.385. The van der Waals surface area contributed by atoms with Gasteiger partial charge in [0.25, 0.3) is 0 Å². The van der Waals surface area contributed by atoms with Gasteiger partial charge in [0, 0.05) is 4.88 Å². The number of aliphatic hydroxyl groups is 1. The monoisotopic (exact) mass is 295 g/mol. The first-order valence-electron chi connectivity index (χ1n) is 6.14. The number of anilines is 1. The van der Waals surface area contributed by atoms with Gasteiger partial charge in [-0.2, -0.15) is 4.98 Å². The molecule has 108 valence electrons. The fourth-order valence-electron chi connectivity index (χ4n) is 1.59. The second kappa shape index (κ2) is 5.64. The number of oxazole rings is 1. The molecule has 0 aromatic carbocycles. The summed E-state index contributed by atoms with van der Waals surface area (Å²) in [5.41, 5.74) is -0.376. The van der Waals surface area contributed by atoms with Gasteiger partial charge in [-0.25, -0.2) is 4.79 Å². The van der Waals surface area contributed by atoms with E-state index < -0.39 is 11.6 Å². The molecule has 20 heavy (non-hydrogen) atoms. The molecule has 2 aromatic heterocycles. The highest BCUT2D eigenvalue weighted by molar-refractivity contribution is 7.10. The van der Waals surface area contributed by atoms with Crippen molar-refractivity contribution < 1.29 is 14.3 Å². The third-order valence-electron chi connectivity index (χ3n) is 2.89. The fourth-order valence-corrected chi connectivity index (χ4v) is 2.38. The predicted octanol–water partition coefficient (Wildman–Crippen LogP) is 2.38. The van der Waals surface area contributed by atoms with Crippen LogP contribution in [0, 0.1) is 13.8 Å². The first-order chi connectivity index (χ1) is 9.38. The number of thiophene rings is 1. The average molecular weight is 295 g/mol. The third-order valence-corrected chi connectivity index (χ3v) is 4.02. The van der Waals surface area contributed by atoms with Crippen LogP contribution in [0.3, 0.4) is 0 Å². The summed E-state index contributed by atoms with van der Waals surface area (Å²) in [5, 5.41) is 17.2. The molecule has 0 saturated heterocycles. The highest BCUT2D eigenvalue weighted by Crippen LogP contribution is 2.24. The number of hydrogen-bond acceptors (Lipinski definition) is 5. The van der Waals surface area contributed by atoms with Gasteiger partial charge in [0.2, 0.25) is 0 Å². The summed E-state index contributed by atoms with van der Waals surface area (Å²) >= 11 is 1.44. The maximum absolute atomic E-state index is 11.7. The number of amides is 2. The van der Waals surface area contributed by atoms with Gasteiger partial charge in [-0.1, -0.05) is 6.07 Å². The summed E-state index contributed by atoms with van der Waals surface area (Å²) in [7, 11) is 0. The van der Waals surface area contributed by atoms with E-state index >= 15 is 0 Å². The van der Waals surface area contributed by atoms with Crippen molar-refractivity contribution in [2.45, 2.75) is 26.4 Å². The molecule has 0 radical (unpaired) electrons. The summed E-state index contributed by atoms with van der Waals surface area (Å²) in [6.07, 6.45) is 0. The first kappa shape index (κ1) is 14.5. The Hall–Kier alpha value is -1.86. The minimum atomic E-state index is -1.10. The molecule has 0 aliphatic rings. The molecular formula is C13H17N3O3S. The Morgan fingerprint density at radius 2 is 2.30 bits per heavy atom. The van der Waals surface area contributed by atoms with Gasteiger partial charge >= 0.3 is 12.0 Å². The van der Waals surface area contributed by atoms with E-state index in [2.05, 4.69) is 15.6 Å². The van der Waals surface area contributed by atoms with Crippen LogP contribution in [0.25, 0.3) is 0 Å². The molecule has 1 atom stereocenters. The molecule has 2 heterocycles. The summed E-state index contributed by atoms with van der Waals surface area (Å²) in [6.45, 7) is 5.31. The third kappa shape index (κ3) is 3.37. The number of urea groups is 1. The SMILES string of the molecule is Cc1nc(NC(=O)NCC(C)(O)c2cccs2)oc1C. The van der Waals surface area contributed by atoms with Crippen LogP contribution in [-0.2, 0) is 5.60 Å².